The Morgan fingerprint density at radius 3 is 2.75 bits per heavy atom. The highest BCUT2D eigenvalue weighted by Crippen LogP contribution is 2.14. The Balaban J connectivity index is 2.24. The van der Waals surface area contributed by atoms with Gasteiger partial charge in [-0.05, 0) is 26.8 Å². The molecule has 4 nitrogen and oxygen atoms in total. The average molecular weight is 218 g/mol. The number of carbonyl (C=O) groups is 1. The molecule has 2 rings (SSSR count). The van der Waals surface area contributed by atoms with E-state index in [0.29, 0.717) is 6.54 Å². The summed E-state index contributed by atoms with van der Waals surface area (Å²) in [5.41, 5.74) is 2.70. The molecule has 2 aromatic heterocycles. The lowest BCUT2D eigenvalue weighted by Gasteiger charge is -2.01. The molecule has 84 valence electrons. The number of ketones is 1. The molecular formula is C12H14N2O2. The Kier molecular flexibility index (Phi) is 2.64. The number of Topliss-reactive ketones (excluding diaryl/α,β-unsaturated/α-hetero) is 1. The number of hydrogen-bond acceptors (Lipinski definition) is 3. The molecule has 4 heteroatoms. The van der Waals surface area contributed by atoms with E-state index in [-0.39, 0.29) is 5.78 Å². The lowest BCUT2D eigenvalue weighted by Crippen LogP contribution is -1.99. The average Bonchev–Trinajstić information content (AvgIpc) is 2.80. The van der Waals surface area contributed by atoms with Gasteiger partial charge in [0.25, 0.3) is 0 Å². The molecule has 0 unspecified atom stereocenters. The summed E-state index contributed by atoms with van der Waals surface area (Å²) < 4.78 is 7.05. The van der Waals surface area contributed by atoms with Crippen LogP contribution in [0.15, 0.2) is 23.0 Å². The maximum atomic E-state index is 11.2. The van der Waals surface area contributed by atoms with Gasteiger partial charge in [-0.3, -0.25) is 4.79 Å². The van der Waals surface area contributed by atoms with Gasteiger partial charge in [-0.1, -0.05) is 5.16 Å². The van der Waals surface area contributed by atoms with Crippen molar-refractivity contribution in [2.75, 3.05) is 0 Å². The standard InChI is InChI=1S/C12H14N2O2/c1-8-12(10(3)16-13-8)7-14-5-4-11(6-14)9(2)15/h4-6H,7H2,1-3H3. The van der Waals surface area contributed by atoms with Gasteiger partial charge in [0.2, 0.25) is 0 Å². The van der Waals surface area contributed by atoms with Crippen molar-refractivity contribution in [2.45, 2.75) is 27.3 Å². The van der Waals surface area contributed by atoms with E-state index in [2.05, 4.69) is 5.16 Å². The van der Waals surface area contributed by atoms with Crippen molar-refractivity contribution >= 4 is 5.78 Å². The van der Waals surface area contributed by atoms with Crippen LogP contribution in [0.3, 0.4) is 0 Å². The van der Waals surface area contributed by atoms with E-state index >= 15 is 0 Å². The molecule has 0 saturated heterocycles. The molecule has 0 aromatic carbocycles. The highest BCUT2D eigenvalue weighted by atomic mass is 16.5. The molecule has 0 N–H and O–H groups in total. The monoisotopic (exact) mass is 218 g/mol. The molecule has 0 amide bonds. The van der Waals surface area contributed by atoms with E-state index in [9.17, 15) is 4.79 Å². The Bertz CT molecular complexity index is 503. The summed E-state index contributed by atoms with van der Waals surface area (Å²) in [6.07, 6.45) is 3.73. The molecule has 0 radical (unpaired) electrons. The predicted octanol–water partition coefficient (Wildman–Crippen LogP) is 2.34. The zero-order valence-electron chi connectivity index (χ0n) is 9.65. The molecule has 2 heterocycles. The summed E-state index contributed by atoms with van der Waals surface area (Å²) in [6, 6.07) is 1.82. The molecule has 2 aromatic rings. The minimum Gasteiger partial charge on any atom is -0.361 e. The zero-order chi connectivity index (χ0) is 11.7. The van der Waals surface area contributed by atoms with Gasteiger partial charge in [0.1, 0.15) is 5.76 Å². The van der Waals surface area contributed by atoms with E-state index in [1.807, 2.05) is 36.9 Å². The molecule has 0 spiro atoms. The van der Waals surface area contributed by atoms with Crippen molar-refractivity contribution in [3.8, 4) is 0 Å². The van der Waals surface area contributed by atoms with E-state index < -0.39 is 0 Å². The Labute approximate surface area is 93.9 Å². The highest BCUT2D eigenvalue weighted by molar-refractivity contribution is 5.93. The summed E-state index contributed by atoms with van der Waals surface area (Å²) in [7, 11) is 0. The third-order valence-corrected chi connectivity index (χ3v) is 2.68. The molecule has 0 aliphatic heterocycles. The first-order valence-electron chi connectivity index (χ1n) is 5.16. The van der Waals surface area contributed by atoms with Crippen LogP contribution in [0, 0.1) is 13.8 Å². The van der Waals surface area contributed by atoms with Crippen LogP contribution in [0.4, 0.5) is 0 Å². The summed E-state index contributed by atoms with van der Waals surface area (Å²) in [6.45, 7) is 6.07. The number of aryl methyl sites for hydroxylation is 2. The van der Waals surface area contributed by atoms with Gasteiger partial charge in [0.15, 0.2) is 5.78 Å². The van der Waals surface area contributed by atoms with Crippen LogP contribution in [0.25, 0.3) is 0 Å². The van der Waals surface area contributed by atoms with Crippen molar-refractivity contribution < 1.29 is 9.32 Å². The van der Waals surface area contributed by atoms with Crippen molar-refractivity contribution in [3.63, 3.8) is 0 Å². The molecule has 0 atom stereocenters. The minimum absolute atomic E-state index is 0.0810. The summed E-state index contributed by atoms with van der Waals surface area (Å²) in [5, 5.41) is 3.90. The number of hydrogen-bond donors (Lipinski definition) is 0. The Morgan fingerprint density at radius 2 is 2.25 bits per heavy atom. The Hall–Kier alpha value is -1.84. The van der Waals surface area contributed by atoms with Gasteiger partial charge in [-0.15, -0.1) is 0 Å². The molecule has 16 heavy (non-hydrogen) atoms. The van der Waals surface area contributed by atoms with Crippen LogP contribution in [-0.4, -0.2) is 15.5 Å². The fraction of sp³-hybridized carbons (Fsp3) is 0.333. The number of aromatic nitrogens is 2. The Morgan fingerprint density at radius 1 is 1.50 bits per heavy atom. The SMILES string of the molecule is CC(=O)c1ccn(Cc2c(C)noc2C)c1. The van der Waals surface area contributed by atoms with Gasteiger partial charge in [0.05, 0.1) is 12.2 Å². The summed E-state index contributed by atoms with van der Waals surface area (Å²) in [5.74, 6) is 0.910. The van der Waals surface area contributed by atoms with Gasteiger partial charge in [0, 0.05) is 23.5 Å². The largest absolute Gasteiger partial charge is 0.361 e. The zero-order valence-corrected chi connectivity index (χ0v) is 9.65. The lowest BCUT2D eigenvalue weighted by atomic mass is 10.2. The van der Waals surface area contributed by atoms with Crippen molar-refractivity contribution in [3.05, 3.63) is 41.0 Å². The smallest absolute Gasteiger partial charge is 0.161 e. The molecule has 0 saturated carbocycles. The van der Waals surface area contributed by atoms with Gasteiger partial charge >= 0.3 is 0 Å². The second-order valence-corrected chi connectivity index (χ2v) is 3.93. The third kappa shape index (κ3) is 1.91. The molecule has 0 fully saturated rings. The van der Waals surface area contributed by atoms with Crippen LogP contribution >= 0.6 is 0 Å². The fourth-order valence-corrected chi connectivity index (χ4v) is 1.66. The fourth-order valence-electron chi connectivity index (χ4n) is 1.66. The van der Waals surface area contributed by atoms with Gasteiger partial charge < -0.3 is 9.09 Å². The second-order valence-electron chi connectivity index (χ2n) is 3.93. The van der Waals surface area contributed by atoms with Crippen molar-refractivity contribution in [1.82, 2.24) is 9.72 Å². The van der Waals surface area contributed by atoms with Gasteiger partial charge in [-0.2, -0.15) is 0 Å². The van der Waals surface area contributed by atoms with Crippen molar-refractivity contribution in [1.29, 1.82) is 0 Å². The number of nitrogens with zero attached hydrogens (tertiary/aromatic N) is 2. The topological polar surface area (TPSA) is 48.0 Å². The maximum absolute atomic E-state index is 11.2. The summed E-state index contributed by atoms with van der Waals surface area (Å²) in [4.78, 5) is 11.2. The maximum Gasteiger partial charge on any atom is 0.161 e. The number of carbonyl (C=O) groups excluding carboxylic acids is 1. The van der Waals surface area contributed by atoms with Gasteiger partial charge in [-0.25, -0.2) is 0 Å². The minimum atomic E-state index is 0.0810. The highest BCUT2D eigenvalue weighted by Gasteiger charge is 2.10. The van der Waals surface area contributed by atoms with Crippen LogP contribution < -0.4 is 0 Å². The van der Waals surface area contributed by atoms with E-state index in [4.69, 9.17) is 4.52 Å². The first-order valence-corrected chi connectivity index (χ1v) is 5.16. The molecule has 0 aliphatic carbocycles. The third-order valence-electron chi connectivity index (χ3n) is 2.68. The van der Waals surface area contributed by atoms with Crippen LogP contribution in [0.2, 0.25) is 0 Å². The van der Waals surface area contributed by atoms with Crippen LogP contribution in [0.5, 0.6) is 0 Å². The molecule has 0 bridgehead atoms. The second kappa shape index (κ2) is 3.96. The quantitative estimate of drug-likeness (QED) is 0.743. The first kappa shape index (κ1) is 10.7. The van der Waals surface area contributed by atoms with Crippen LogP contribution in [0.1, 0.15) is 34.3 Å². The summed E-state index contributed by atoms with van der Waals surface area (Å²) >= 11 is 0. The normalized spacial score (nSPS) is 10.7. The van der Waals surface area contributed by atoms with E-state index in [0.717, 1.165) is 22.6 Å². The molecule has 0 aliphatic rings. The number of rotatable bonds is 3. The van der Waals surface area contributed by atoms with Crippen molar-refractivity contribution in [2.24, 2.45) is 0 Å². The van der Waals surface area contributed by atoms with E-state index in [1.54, 1.807) is 6.92 Å². The first-order chi connectivity index (χ1) is 7.58. The molecular weight excluding hydrogens is 204 g/mol. The van der Waals surface area contributed by atoms with Crippen LogP contribution in [-0.2, 0) is 6.54 Å². The van der Waals surface area contributed by atoms with E-state index in [1.165, 1.54) is 0 Å². The lowest BCUT2D eigenvalue weighted by molar-refractivity contribution is 0.101. The predicted molar refractivity (Wildman–Crippen MR) is 59.5 cm³/mol.